The van der Waals surface area contributed by atoms with E-state index < -0.39 is 0 Å². The Morgan fingerprint density at radius 1 is 1.12 bits per heavy atom. The molecule has 1 aliphatic rings. The third-order valence-corrected chi connectivity index (χ3v) is 3.51. The van der Waals surface area contributed by atoms with E-state index in [1.165, 1.54) is 5.56 Å². The van der Waals surface area contributed by atoms with Crippen LogP contribution < -0.4 is 0 Å². The number of benzene rings is 1. The van der Waals surface area contributed by atoms with Gasteiger partial charge >= 0.3 is 0 Å². The molecule has 0 bridgehead atoms. The van der Waals surface area contributed by atoms with Gasteiger partial charge < -0.3 is 0 Å². The van der Waals surface area contributed by atoms with Crippen LogP contribution in [-0.4, -0.2) is 5.78 Å². The largest absolute Gasteiger partial charge is 0.300 e. The van der Waals surface area contributed by atoms with Crippen molar-refractivity contribution in [3.63, 3.8) is 0 Å². The maximum absolute atomic E-state index is 13.2. The van der Waals surface area contributed by atoms with Gasteiger partial charge in [-0.25, -0.2) is 4.39 Å². The van der Waals surface area contributed by atoms with Crippen molar-refractivity contribution >= 4 is 5.78 Å². The van der Waals surface area contributed by atoms with Gasteiger partial charge in [0.05, 0.1) is 0 Å². The van der Waals surface area contributed by atoms with Crippen molar-refractivity contribution in [1.29, 1.82) is 0 Å². The Bertz CT molecular complexity index is 390. The lowest BCUT2D eigenvalue weighted by molar-refractivity contribution is -0.120. The molecule has 0 aliphatic heterocycles. The maximum atomic E-state index is 13.2. The number of hydrogen-bond donors (Lipinski definition) is 0. The molecule has 2 heteroatoms. The number of carbonyl (C=O) groups excluding carboxylic acids is 1. The number of Topliss-reactive ketones (excluding diaryl/α,β-unsaturated/α-hetero) is 1. The molecular weight excluding hydrogens is 203 g/mol. The minimum Gasteiger partial charge on any atom is -0.300 e. The van der Waals surface area contributed by atoms with E-state index in [-0.39, 0.29) is 5.82 Å². The third-order valence-electron chi connectivity index (χ3n) is 3.51. The van der Waals surface area contributed by atoms with E-state index in [0.29, 0.717) is 24.5 Å². The van der Waals surface area contributed by atoms with Crippen LogP contribution in [-0.2, 0) is 4.79 Å². The summed E-state index contributed by atoms with van der Waals surface area (Å²) < 4.78 is 13.2. The van der Waals surface area contributed by atoms with Crippen molar-refractivity contribution in [2.24, 2.45) is 0 Å². The van der Waals surface area contributed by atoms with Crippen LogP contribution >= 0.6 is 0 Å². The molecule has 0 unspecified atom stereocenters. The summed E-state index contributed by atoms with van der Waals surface area (Å²) in [6, 6.07) is 3.19. The van der Waals surface area contributed by atoms with Crippen LogP contribution in [0.25, 0.3) is 0 Å². The number of halogens is 1. The van der Waals surface area contributed by atoms with Crippen molar-refractivity contribution < 1.29 is 9.18 Å². The van der Waals surface area contributed by atoms with E-state index in [9.17, 15) is 9.18 Å². The van der Waals surface area contributed by atoms with E-state index in [2.05, 4.69) is 0 Å². The molecule has 0 radical (unpaired) electrons. The number of hydrogen-bond acceptors (Lipinski definition) is 1. The predicted molar refractivity (Wildman–Crippen MR) is 62.1 cm³/mol. The van der Waals surface area contributed by atoms with Crippen LogP contribution in [0.15, 0.2) is 12.1 Å². The lowest BCUT2D eigenvalue weighted by Gasteiger charge is -2.24. The Balaban J connectivity index is 2.30. The quantitative estimate of drug-likeness (QED) is 0.705. The smallest absolute Gasteiger partial charge is 0.132 e. The number of ketones is 1. The topological polar surface area (TPSA) is 17.1 Å². The molecule has 1 aromatic carbocycles. The van der Waals surface area contributed by atoms with Crippen LogP contribution in [0.4, 0.5) is 4.39 Å². The molecule has 1 fully saturated rings. The molecule has 1 nitrogen and oxygen atoms in total. The minimum absolute atomic E-state index is 0.161. The van der Waals surface area contributed by atoms with Crippen LogP contribution in [0.3, 0.4) is 0 Å². The Hall–Kier alpha value is -1.18. The zero-order valence-corrected chi connectivity index (χ0v) is 9.85. The van der Waals surface area contributed by atoms with Gasteiger partial charge in [0.25, 0.3) is 0 Å². The van der Waals surface area contributed by atoms with Crippen LogP contribution in [0.5, 0.6) is 0 Å². The summed E-state index contributed by atoms with van der Waals surface area (Å²) in [7, 11) is 0. The van der Waals surface area contributed by atoms with Crippen LogP contribution in [0.2, 0.25) is 0 Å². The molecule has 1 aromatic rings. The highest BCUT2D eigenvalue weighted by Crippen LogP contribution is 2.35. The molecule has 2 rings (SSSR count). The Morgan fingerprint density at radius 3 is 2.12 bits per heavy atom. The second-order valence-corrected chi connectivity index (χ2v) is 4.77. The molecule has 1 saturated carbocycles. The Kier molecular flexibility index (Phi) is 3.08. The van der Waals surface area contributed by atoms with E-state index in [0.717, 1.165) is 24.0 Å². The first kappa shape index (κ1) is 11.3. The summed E-state index contributed by atoms with van der Waals surface area (Å²) in [5.41, 5.74) is 3.31. The first-order chi connectivity index (χ1) is 7.58. The molecule has 1 aliphatic carbocycles. The third kappa shape index (κ3) is 2.16. The zero-order chi connectivity index (χ0) is 11.7. The summed E-state index contributed by atoms with van der Waals surface area (Å²) in [6.45, 7) is 3.92. The zero-order valence-electron chi connectivity index (χ0n) is 9.85. The van der Waals surface area contributed by atoms with Gasteiger partial charge in [-0.3, -0.25) is 4.79 Å². The normalized spacial score (nSPS) is 17.8. The first-order valence-corrected chi connectivity index (χ1v) is 5.86. The van der Waals surface area contributed by atoms with Crippen LogP contribution in [0, 0.1) is 19.7 Å². The summed E-state index contributed by atoms with van der Waals surface area (Å²) in [4.78, 5) is 11.2. The molecule has 0 saturated heterocycles. The highest BCUT2D eigenvalue weighted by atomic mass is 19.1. The van der Waals surface area contributed by atoms with Gasteiger partial charge in [-0.05, 0) is 61.4 Å². The molecule has 0 amide bonds. The number of rotatable bonds is 1. The molecule has 0 heterocycles. The molecule has 0 N–H and O–H groups in total. The molecule has 0 aromatic heterocycles. The highest BCUT2D eigenvalue weighted by Gasteiger charge is 2.23. The lowest BCUT2D eigenvalue weighted by atomic mass is 9.80. The lowest BCUT2D eigenvalue weighted by Crippen LogP contribution is -2.14. The maximum Gasteiger partial charge on any atom is 0.132 e. The highest BCUT2D eigenvalue weighted by molar-refractivity contribution is 5.79. The molecule has 0 atom stereocenters. The van der Waals surface area contributed by atoms with Crippen molar-refractivity contribution in [3.05, 3.63) is 34.6 Å². The summed E-state index contributed by atoms with van der Waals surface area (Å²) in [6.07, 6.45) is 3.21. The fourth-order valence-corrected chi connectivity index (χ4v) is 2.79. The van der Waals surface area contributed by atoms with E-state index >= 15 is 0 Å². The molecular formula is C14H17FO. The van der Waals surface area contributed by atoms with Gasteiger partial charge in [-0.1, -0.05) is 0 Å². The molecule has 86 valence electrons. The first-order valence-electron chi connectivity index (χ1n) is 5.86. The fourth-order valence-electron chi connectivity index (χ4n) is 2.79. The van der Waals surface area contributed by atoms with E-state index in [1.807, 2.05) is 13.8 Å². The summed E-state index contributed by atoms with van der Waals surface area (Å²) in [5.74, 6) is 0.651. The van der Waals surface area contributed by atoms with Crippen molar-refractivity contribution in [3.8, 4) is 0 Å². The van der Waals surface area contributed by atoms with Gasteiger partial charge in [-0.2, -0.15) is 0 Å². The number of carbonyl (C=O) groups is 1. The van der Waals surface area contributed by atoms with Gasteiger partial charge in [0.15, 0.2) is 0 Å². The average molecular weight is 220 g/mol. The van der Waals surface area contributed by atoms with Crippen molar-refractivity contribution in [1.82, 2.24) is 0 Å². The van der Waals surface area contributed by atoms with Gasteiger partial charge in [0.1, 0.15) is 11.6 Å². The Morgan fingerprint density at radius 2 is 1.62 bits per heavy atom. The van der Waals surface area contributed by atoms with Crippen molar-refractivity contribution in [2.75, 3.05) is 0 Å². The SMILES string of the molecule is Cc1cc(F)cc(C)c1C1CCC(=O)CC1. The fraction of sp³-hybridized carbons (Fsp3) is 0.500. The average Bonchev–Trinajstić information content (AvgIpc) is 2.19. The monoisotopic (exact) mass is 220 g/mol. The van der Waals surface area contributed by atoms with Crippen molar-refractivity contribution in [2.45, 2.75) is 45.4 Å². The second-order valence-electron chi connectivity index (χ2n) is 4.77. The van der Waals surface area contributed by atoms with Gasteiger partial charge in [-0.15, -0.1) is 0 Å². The van der Waals surface area contributed by atoms with Gasteiger partial charge in [0, 0.05) is 12.8 Å². The standard InChI is InChI=1S/C14H17FO/c1-9-7-12(15)8-10(2)14(9)11-3-5-13(16)6-4-11/h7-8,11H,3-6H2,1-2H3. The summed E-state index contributed by atoms with van der Waals surface area (Å²) >= 11 is 0. The molecule has 0 spiro atoms. The van der Waals surface area contributed by atoms with E-state index in [4.69, 9.17) is 0 Å². The van der Waals surface area contributed by atoms with E-state index in [1.54, 1.807) is 12.1 Å². The summed E-state index contributed by atoms with van der Waals surface area (Å²) in [5, 5.41) is 0. The van der Waals surface area contributed by atoms with Crippen LogP contribution in [0.1, 0.15) is 48.3 Å². The van der Waals surface area contributed by atoms with Gasteiger partial charge in [0.2, 0.25) is 0 Å². The number of aryl methyl sites for hydroxylation is 2. The minimum atomic E-state index is -0.161. The second kappa shape index (κ2) is 4.36. The molecule has 16 heavy (non-hydrogen) atoms. The Labute approximate surface area is 95.7 Å². The predicted octanol–water partition coefficient (Wildman–Crippen LogP) is 3.67.